The number of nitrogens with one attached hydrogen (secondary N) is 1. The lowest BCUT2D eigenvalue weighted by atomic mass is 9.93. The van der Waals surface area contributed by atoms with Crippen LogP contribution in [0.15, 0.2) is 0 Å². The van der Waals surface area contributed by atoms with Crippen molar-refractivity contribution >= 4 is 9.84 Å². The zero-order chi connectivity index (χ0) is 11.6. The molecule has 2 rings (SSSR count). The molecule has 1 N–H and O–H groups in total. The molecule has 5 heteroatoms. The van der Waals surface area contributed by atoms with E-state index in [1.807, 2.05) is 0 Å². The van der Waals surface area contributed by atoms with E-state index in [4.69, 9.17) is 0 Å². The lowest BCUT2D eigenvalue weighted by Gasteiger charge is -2.36. The molecule has 2 heterocycles. The van der Waals surface area contributed by atoms with Crippen LogP contribution in [0, 0.1) is 0 Å². The summed E-state index contributed by atoms with van der Waals surface area (Å²) in [7, 11) is -2.74. The SMILES string of the molecule is CCC1(CN2CCS(=O)(=O)CC2)CCCN1. The summed E-state index contributed by atoms with van der Waals surface area (Å²) in [5.41, 5.74) is 0.251. The van der Waals surface area contributed by atoms with Crippen molar-refractivity contribution < 1.29 is 8.42 Å². The van der Waals surface area contributed by atoms with Gasteiger partial charge in [-0.05, 0) is 25.8 Å². The van der Waals surface area contributed by atoms with Gasteiger partial charge in [-0.25, -0.2) is 8.42 Å². The zero-order valence-electron chi connectivity index (χ0n) is 10.0. The van der Waals surface area contributed by atoms with Crippen molar-refractivity contribution in [2.24, 2.45) is 0 Å². The van der Waals surface area contributed by atoms with Gasteiger partial charge in [0.2, 0.25) is 0 Å². The Morgan fingerprint density at radius 1 is 1.31 bits per heavy atom. The standard InChI is InChI=1S/C11H22N2O2S/c1-2-11(4-3-5-12-11)10-13-6-8-16(14,15)9-7-13/h12H,2-10H2,1H3. The van der Waals surface area contributed by atoms with Gasteiger partial charge in [0, 0.05) is 25.2 Å². The second kappa shape index (κ2) is 4.63. The Balaban J connectivity index is 1.90. The monoisotopic (exact) mass is 246 g/mol. The van der Waals surface area contributed by atoms with Gasteiger partial charge >= 0.3 is 0 Å². The van der Waals surface area contributed by atoms with Crippen molar-refractivity contribution in [3.63, 3.8) is 0 Å². The Labute approximate surface area is 98.3 Å². The first kappa shape index (κ1) is 12.3. The molecule has 0 saturated carbocycles. The lowest BCUT2D eigenvalue weighted by Crippen LogP contribution is -2.53. The van der Waals surface area contributed by atoms with Gasteiger partial charge in [-0.2, -0.15) is 0 Å². The largest absolute Gasteiger partial charge is 0.310 e. The van der Waals surface area contributed by atoms with E-state index in [-0.39, 0.29) is 5.54 Å². The molecule has 16 heavy (non-hydrogen) atoms. The highest BCUT2D eigenvalue weighted by molar-refractivity contribution is 7.91. The maximum atomic E-state index is 11.3. The van der Waals surface area contributed by atoms with Gasteiger partial charge in [-0.15, -0.1) is 0 Å². The molecular formula is C11H22N2O2S. The van der Waals surface area contributed by atoms with E-state index >= 15 is 0 Å². The summed E-state index contributed by atoms with van der Waals surface area (Å²) in [6.07, 6.45) is 3.61. The van der Waals surface area contributed by atoms with E-state index in [0.717, 1.165) is 19.5 Å². The fourth-order valence-corrected chi connectivity index (χ4v) is 4.03. The summed E-state index contributed by atoms with van der Waals surface area (Å²) in [5.74, 6) is 0.680. The minimum atomic E-state index is -2.74. The number of hydrogen-bond donors (Lipinski definition) is 1. The van der Waals surface area contributed by atoms with Gasteiger partial charge < -0.3 is 5.32 Å². The van der Waals surface area contributed by atoms with Crippen LogP contribution in [-0.4, -0.2) is 56.5 Å². The van der Waals surface area contributed by atoms with Crippen LogP contribution < -0.4 is 5.32 Å². The molecule has 1 unspecified atom stereocenters. The molecule has 1 atom stereocenters. The van der Waals surface area contributed by atoms with Crippen LogP contribution in [0.1, 0.15) is 26.2 Å². The summed E-state index contributed by atoms with van der Waals surface area (Å²) >= 11 is 0. The van der Waals surface area contributed by atoms with Crippen LogP contribution in [0.25, 0.3) is 0 Å². The first-order chi connectivity index (χ1) is 7.55. The first-order valence-electron chi connectivity index (χ1n) is 6.23. The normalized spacial score (nSPS) is 35.3. The topological polar surface area (TPSA) is 49.4 Å². The Morgan fingerprint density at radius 3 is 2.50 bits per heavy atom. The summed E-state index contributed by atoms with van der Waals surface area (Å²) in [4.78, 5) is 2.31. The van der Waals surface area contributed by atoms with E-state index in [9.17, 15) is 8.42 Å². The highest BCUT2D eigenvalue weighted by Gasteiger charge is 2.34. The van der Waals surface area contributed by atoms with Crippen molar-refractivity contribution in [2.45, 2.75) is 31.7 Å². The smallest absolute Gasteiger partial charge is 0.152 e. The Kier molecular flexibility index (Phi) is 3.56. The summed E-state index contributed by atoms with van der Waals surface area (Å²) in [5, 5.41) is 3.60. The fourth-order valence-electron chi connectivity index (χ4n) is 2.75. The minimum Gasteiger partial charge on any atom is -0.310 e. The van der Waals surface area contributed by atoms with Gasteiger partial charge in [0.25, 0.3) is 0 Å². The maximum Gasteiger partial charge on any atom is 0.152 e. The minimum absolute atomic E-state index is 0.251. The van der Waals surface area contributed by atoms with Gasteiger partial charge in [0.05, 0.1) is 11.5 Å². The molecule has 0 amide bonds. The second-order valence-corrected chi connectivity index (χ2v) is 7.40. The molecule has 0 aromatic rings. The molecule has 94 valence electrons. The number of rotatable bonds is 3. The molecular weight excluding hydrogens is 224 g/mol. The van der Waals surface area contributed by atoms with E-state index in [1.165, 1.54) is 12.8 Å². The molecule has 0 bridgehead atoms. The zero-order valence-corrected chi connectivity index (χ0v) is 10.9. The number of sulfone groups is 1. The average molecular weight is 246 g/mol. The average Bonchev–Trinajstić information content (AvgIpc) is 2.71. The highest BCUT2D eigenvalue weighted by Crippen LogP contribution is 2.24. The third kappa shape index (κ3) is 2.76. The molecule has 2 saturated heterocycles. The quantitative estimate of drug-likeness (QED) is 0.775. The van der Waals surface area contributed by atoms with E-state index in [0.29, 0.717) is 24.6 Å². The van der Waals surface area contributed by atoms with E-state index in [2.05, 4.69) is 17.1 Å². The molecule has 0 aromatic heterocycles. The summed E-state index contributed by atoms with van der Waals surface area (Å²) < 4.78 is 22.7. The predicted molar refractivity (Wildman–Crippen MR) is 65.4 cm³/mol. The third-order valence-corrected chi connectivity index (χ3v) is 5.58. The Hall–Kier alpha value is -0.130. The Bertz CT molecular complexity index is 320. The van der Waals surface area contributed by atoms with Crippen molar-refractivity contribution in [3.05, 3.63) is 0 Å². The van der Waals surface area contributed by atoms with Gasteiger partial charge in [-0.1, -0.05) is 6.92 Å². The molecule has 0 aromatic carbocycles. The van der Waals surface area contributed by atoms with Crippen molar-refractivity contribution in [3.8, 4) is 0 Å². The third-order valence-electron chi connectivity index (χ3n) is 3.97. The molecule has 0 radical (unpaired) electrons. The van der Waals surface area contributed by atoms with Crippen molar-refractivity contribution in [1.29, 1.82) is 0 Å². The molecule has 2 aliphatic rings. The van der Waals surface area contributed by atoms with Gasteiger partial charge in [0.15, 0.2) is 9.84 Å². The van der Waals surface area contributed by atoms with E-state index < -0.39 is 9.84 Å². The van der Waals surface area contributed by atoms with Crippen LogP contribution in [-0.2, 0) is 9.84 Å². The number of nitrogens with zero attached hydrogens (tertiary/aromatic N) is 1. The fraction of sp³-hybridized carbons (Fsp3) is 1.00. The summed E-state index contributed by atoms with van der Waals surface area (Å²) in [6, 6.07) is 0. The van der Waals surface area contributed by atoms with Gasteiger partial charge in [0.1, 0.15) is 0 Å². The van der Waals surface area contributed by atoms with Crippen molar-refractivity contribution in [1.82, 2.24) is 10.2 Å². The number of hydrogen-bond acceptors (Lipinski definition) is 4. The first-order valence-corrected chi connectivity index (χ1v) is 8.05. The molecule has 2 aliphatic heterocycles. The maximum absolute atomic E-state index is 11.3. The summed E-state index contributed by atoms with van der Waals surface area (Å²) in [6.45, 7) is 5.77. The van der Waals surface area contributed by atoms with Crippen molar-refractivity contribution in [2.75, 3.05) is 37.7 Å². The second-order valence-electron chi connectivity index (χ2n) is 5.09. The van der Waals surface area contributed by atoms with Gasteiger partial charge in [-0.3, -0.25) is 4.90 Å². The molecule has 0 spiro atoms. The molecule has 0 aliphatic carbocycles. The van der Waals surface area contributed by atoms with Crippen LogP contribution in [0.5, 0.6) is 0 Å². The van der Waals surface area contributed by atoms with Crippen LogP contribution in [0.4, 0.5) is 0 Å². The molecule has 4 nitrogen and oxygen atoms in total. The van der Waals surface area contributed by atoms with Crippen LogP contribution in [0.2, 0.25) is 0 Å². The lowest BCUT2D eigenvalue weighted by molar-refractivity contribution is 0.199. The highest BCUT2D eigenvalue weighted by atomic mass is 32.2. The molecule has 2 fully saturated rings. The van der Waals surface area contributed by atoms with Crippen LogP contribution in [0.3, 0.4) is 0 Å². The van der Waals surface area contributed by atoms with E-state index in [1.54, 1.807) is 0 Å². The Morgan fingerprint density at radius 2 is 2.00 bits per heavy atom. The predicted octanol–water partition coefficient (Wildman–Crippen LogP) is 0.249. The van der Waals surface area contributed by atoms with Crippen LogP contribution >= 0.6 is 0 Å².